The first-order chi connectivity index (χ1) is 13.2. The fourth-order valence-electron chi connectivity index (χ4n) is 3.00. The van der Waals surface area contributed by atoms with Gasteiger partial charge in [-0.05, 0) is 37.8 Å². The van der Waals surface area contributed by atoms with Crippen LogP contribution in [0.15, 0.2) is 29.3 Å². The number of hydrogen-bond acceptors (Lipinski definition) is 4. The Bertz CT molecular complexity index is 565. The summed E-state index contributed by atoms with van der Waals surface area (Å²) in [6.45, 7) is 4.63. The van der Waals surface area contributed by atoms with Crippen LogP contribution in [0.5, 0.6) is 0 Å². The molecule has 1 aromatic carbocycles. The Morgan fingerprint density at radius 2 is 2.07 bits per heavy atom. The second-order valence-electron chi connectivity index (χ2n) is 6.72. The van der Waals surface area contributed by atoms with Crippen LogP contribution >= 0.6 is 0 Å². The summed E-state index contributed by atoms with van der Waals surface area (Å²) in [5.74, 6) is 0.592. The molecule has 0 saturated carbocycles. The Balaban J connectivity index is 1.50. The summed E-state index contributed by atoms with van der Waals surface area (Å²) < 4.78 is 24.9. The van der Waals surface area contributed by atoms with Gasteiger partial charge in [0, 0.05) is 46.9 Å². The molecule has 1 unspecified atom stereocenters. The first-order valence-corrected chi connectivity index (χ1v) is 9.80. The van der Waals surface area contributed by atoms with E-state index in [9.17, 15) is 4.39 Å². The third-order valence-corrected chi connectivity index (χ3v) is 4.54. The topological polar surface area (TPSA) is 58.1 Å². The van der Waals surface area contributed by atoms with Gasteiger partial charge in [0.05, 0.1) is 18.4 Å². The summed E-state index contributed by atoms with van der Waals surface area (Å²) in [7, 11) is 3.66. The summed E-state index contributed by atoms with van der Waals surface area (Å²) in [4.78, 5) is 6.15. The van der Waals surface area contributed by atoms with Crippen molar-refractivity contribution >= 4 is 11.6 Å². The Morgan fingerprint density at radius 1 is 1.30 bits per heavy atom. The highest BCUT2D eigenvalue weighted by molar-refractivity contribution is 5.79. The number of guanidine groups is 1. The van der Waals surface area contributed by atoms with Gasteiger partial charge in [-0.25, -0.2) is 4.39 Å². The van der Waals surface area contributed by atoms with Crippen LogP contribution in [0.25, 0.3) is 0 Å². The molecule has 6 nitrogen and oxygen atoms in total. The normalized spacial score (nSPS) is 17.1. The lowest BCUT2D eigenvalue weighted by Gasteiger charge is -2.20. The van der Waals surface area contributed by atoms with Crippen molar-refractivity contribution in [2.75, 3.05) is 58.5 Å². The van der Waals surface area contributed by atoms with Crippen LogP contribution in [-0.4, -0.2) is 65.6 Å². The van der Waals surface area contributed by atoms with Crippen LogP contribution in [0.2, 0.25) is 0 Å². The van der Waals surface area contributed by atoms with Gasteiger partial charge >= 0.3 is 0 Å². The molecule has 0 aromatic heterocycles. The molecule has 1 saturated heterocycles. The number of rotatable bonds is 11. The molecule has 0 spiro atoms. The number of aliphatic imine (C=N–C) groups is 1. The SMILES string of the molecule is CN=C(NCCCOCC1CCCO1)NCCCN(C)c1ccccc1F. The Morgan fingerprint density at radius 3 is 2.78 bits per heavy atom. The molecule has 0 aliphatic carbocycles. The fourth-order valence-corrected chi connectivity index (χ4v) is 3.00. The molecule has 0 bridgehead atoms. The first-order valence-electron chi connectivity index (χ1n) is 9.80. The molecule has 1 atom stereocenters. The zero-order valence-corrected chi connectivity index (χ0v) is 16.5. The van der Waals surface area contributed by atoms with E-state index in [2.05, 4.69) is 15.6 Å². The summed E-state index contributed by atoms with van der Waals surface area (Å²) in [6, 6.07) is 6.84. The minimum Gasteiger partial charge on any atom is -0.379 e. The molecule has 7 heteroatoms. The third kappa shape index (κ3) is 8.13. The van der Waals surface area contributed by atoms with Crippen molar-refractivity contribution in [3.05, 3.63) is 30.1 Å². The average Bonchev–Trinajstić information content (AvgIpc) is 3.19. The highest BCUT2D eigenvalue weighted by Crippen LogP contribution is 2.16. The molecule has 2 rings (SSSR count). The molecule has 1 aromatic rings. The van der Waals surface area contributed by atoms with E-state index in [-0.39, 0.29) is 11.9 Å². The lowest BCUT2D eigenvalue weighted by Crippen LogP contribution is -2.39. The fraction of sp³-hybridized carbons (Fsp3) is 0.650. The van der Waals surface area contributed by atoms with Crippen molar-refractivity contribution in [1.82, 2.24) is 10.6 Å². The lowest BCUT2D eigenvalue weighted by molar-refractivity contribution is 0.0168. The summed E-state index contributed by atoms with van der Waals surface area (Å²) in [6.07, 6.45) is 4.35. The molecule has 152 valence electrons. The minimum atomic E-state index is -0.188. The molecule has 1 aliphatic heterocycles. The number of anilines is 1. The van der Waals surface area contributed by atoms with Crippen LogP contribution in [0.3, 0.4) is 0 Å². The molecule has 1 fully saturated rings. The van der Waals surface area contributed by atoms with Crippen molar-refractivity contribution in [2.24, 2.45) is 4.99 Å². The predicted molar refractivity (Wildman–Crippen MR) is 108 cm³/mol. The number of benzene rings is 1. The van der Waals surface area contributed by atoms with Crippen LogP contribution in [0.4, 0.5) is 10.1 Å². The summed E-state index contributed by atoms with van der Waals surface area (Å²) in [5, 5.41) is 6.56. The predicted octanol–water partition coefficient (Wildman–Crippen LogP) is 2.40. The van der Waals surface area contributed by atoms with E-state index >= 15 is 0 Å². The average molecular weight is 381 g/mol. The van der Waals surface area contributed by atoms with Crippen molar-refractivity contribution in [2.45, 2.75) is 31.8 Å². The molecule has 0 radical (unpaired) electrons. The second-order valence-corrected chi connectivity index (χ2v) is 6.72. The number of halogens is 1. The van der Waals surface area contributed by atoms with Gasteiger partial charge in [-0.3, -0.25) is 4.99 Å². The summed E-state index contributed by atoms with van der Waals surface area (Å²) in [5.41, 5.74) is 0.628. The largest absolute Gasteiger partial charge is 0.379 e. The molecular formula is C20H33FN4O2. The third-order valence-electron chi connectivity index (χ3n) is 4.54. The molecule has 1 heterocycles. The number of ether oxygens (including phenoxy) is 2. The maximum Gasteiger partial charge on any atom is 0.190 e. The van der Waals surface area contributed by atoms with Gasteiger partial charge in [-0.15, -0.1) is 0 Å². The molecule has 2 N–H and O–H groups in total. The standard InChI is InChI=1S/C20H33FN4O2/c1-22-20(24-12-7-14-26-16-17-8-5-15-27-17)23-11-6-13-25(2)19-10-4-3-9-18(19)21/h3-4,9-10,17H,5-8,11-16H2,1-2H3,(H2,22,23,24). The van der Waals surface area contributed by atoms with Gasteiger partial charge in [-0.2, -0.15) is 0 Å². The lowest BCUT2D eigenvalue weighted by atomic mass is 10.2. The van der Waals surface area contributed by atoms with Crippen LogP contribution < -0.4 is 15.5 Å². The van der Waals surface area contributed by atoms with E-state index in [1.54, 1.807) is 19.2 Å². The van der Waals surface area contributed by atoms with Crippen molar-refractivity contribution in [3.63, 3.8) is 0 Å². The number of hydrogen-bond donors (Lipinski definition) is 2. The van der Waals surface area contributed by atoms with E-state index in [0.29, 0.717) is 12.3 Å². The van der Waals surface area contributed by atoms with E-state index in [1.165, 1.54) is 6.07 Å². The first kappa shape index (κ1) is 21.4. The monoisotopic (exact) mass is 380 g/mol. The van der Waals surface area contributed by atoms with Crippen LogP contribution in [-0.2, 0) is 9.47 Å². The van der Waals surface area contributed by atoms with Gasteiger partial charge in [0.25, 0.3) is 0 Å². The smallest absolute Gasteiger partial charge is 0.190 e. The van der Waals surface area contributed by atoms with E-state index in [0.717, 1.165) is 64.5 Å². The van der Waals surface area contributed by atoms with Gasteiger partial charge in [-0.1, -0.05) is 12.1 Å². The van der Waals surface area contributed by atoms with Crippen molar-refractivity contribution in [1.29, 1.82) is 0 Å². The second kappa shape index (κ2) is 12.5. The van der Waals surface area contributed by atoms with Gasteiger partial charge < -0.3 is 25.0 Å². The van der Waals surface area contributed by atoms with Crippen LogP contribution in [0, 0.1) is 5.82 Å². The molecule has 1 aliphatic rings. The quantitative estimate of drug-likeness (QED) is 0.351. The van der Waals surface area contributed by atoms with Gasteiger partial charge in [0.15, 0.2) is 5.96 Å². The zero-order chi connectivity index (χ0) is 19.3. The van der Waals surface area contributed by atoms with Gasteiger partial charge in [0.2, 0.25) is 0 Å². The van der Waals surface area contributed by atoms with E-state index in [1.807, 2.05) is 18.0 Å². The van der Waals surface area contributed by atoms with E-state index in [4.69, 9.17) is 9.47 Å². The molecule has 0 amide bonds. The Kier molecular flexibility index (Phi) is 9.94. The van der Waals surface area contributed by atoms with Crippen molar-refractivity contribution < 1.29 is 13.9 Å². The molecule has 27 heavy (non-hydrogen) atoms. The summed E-state index contributed by atoms with van der Waals surface area (Å²) >= 11 is 0. The minimum absolute atomic E-state index is 0.188. The highest BCUT2D eigenvalue weighted by Gasteiger charge is 2.14. The maximum atomic E-state index is 13.7. The zero-order valence-electron chi connectivity index (χ0n) is 16.5. The van der Waals surface area contributed by atoms with Crippen LogP contribution in [0.1, 0.15) is 25.7 Å². The van der Waals surface area contributed by atoms with Crippen molar-refractivity contribution in [3.8, 4) is 0 Å². The highest BCUT2D eigenvalue weighted by atomic mass is 19.1. The number of para-hydroxylation sites is 1. The molecular weight excluding hydrogens is 347 g/mol. The Hall–Kier alpha value is -1.86. The van der Waals surface area contributed by atoms with Gasteiger partial charge in [0.1, 0.15) is 5.82 Å². The number of nitrogens with zero attached hydrogens (tertiary/aromatic N) is 2. The number of nitrogens with one attached hydrogen (secondary N) is 2. The maximum absolute atomic E-state index is 13.7. The Labute approximate surface area is 162 Å². The van der Waals surface area contributed by atoms with E-state index < -0.39 is 0 Å².